The molecule has 2 aromatic carbocycles. The van der Waals surface area contributed by atoms with Gasteiger partial charge in [-0.25, -0.2) is 4.39 Å². The first kappa shape index (κ1) is 16.0. The molecule has 2 amide bonds. The number of hydrogen-bond acceptors (Lipinski definition) is 3. The molecule has 2 rings (SSSR count). The van der Waals surface area contributed by atoms with E-state index in [0.29, 0.717) is 5.69 Å². The Kier molecular flexibility index (Phi) is 5.55. The van der Waals surface area contributed by atoms with Crippen LogP contribution in [-0.2, 0) is 4.79 Å². The van der Waals surface area contributed by atoms with Crippen LogP contribution in [0.1, 0.15) is 10.4 Å². The van der Waals surface area contributed by atoms with Crippen molar-refractivity contribution >= 4 is 29.3 Å². The summed E-state index contributed by atoms with van der Waals surface area (Å²) < 4.78 is 13.0. The summed E-state index contributed by atoms with van der Waals surface area (Å²) in [6, 6.07) is 12.7. The van der Waals surface area contributed by atoms with Crippen molar-refractivity contribution in [2.75, 3.05) is 18.1 Å². The Hall–Kier alpha value is -2.34. The quantitative estimate of drug-likeness (QED) is 0.834. The molecule has 0 aliphatic carbocycles. The largest absolute Gasteiger partial charge is 0.343 e. The highest BCUT2D eigenvalue weighted by Gasteiger charge is 2.09. The van der Waals surface area contributed by atoms with Crippen molar-refractivity contribution in [3.8, 4) is 0 Å². The van der Waals surface area contributed by atoms with Crippen LogP contribution in [0.15, 0.2) is 53.4 Å². The maximum absolute atomic E-state index is 13.0. The van der Waals surface area contributed by atoms with Gasteiger partial charge in [0, 0.05) is 16.1 Å². The van der Waals surface area contributed by atoms with E-state index in [1.165, 1.54) is 18.2 Å². The van der Waals surface area contributed by atoms with Gasteiger partial charge in [0.05, 0.1) is 6.54 Å². The van der Waals surface area contributed by atoms with Gasteiger partial charge in [0.2, 0.25) is 5.91 Å². The lowest BCUT2D eigenvalue weighted by Crippen LogP contribution is -2.32. The lowest BCUT2D eigenvalue weighted by molar-refractivity contribution is -0.115. The van der Waals surface area contributed by atoms with Crippen LogP contribution < -0.4 is 10.6 Å². The van der Waals surface area contributed by atoms with E-state index in [1.54, 1.807) is 17.8 Å². The maximum Gasteiger partial charge on any atom is 0.251 e. The summed E-state index contributed by atoms with van der Waals surface area (Å²) in [7, 11) is 0. The molecular weight excluding hydrogens is 303 g/mol. The third-order valence-corrected chi connectivity index (χ3v) is 3.58. The molecule has 2 N–H and O–H groups in total. The highest BCUT2D eigenvalue weighted by Crippen LogP contribution is 2.18. The minimum atomic E-state index is -0.494. The highest BCUT2D eigenvalue weighted by atomic mass is 32.2. The smallest absolute Gasteiger partial charge is 0.251 e. The van der Waals surface area contributed by atoms with E-state index in [4.69, 9.17) is 0 Å². The van der Waals surface area contributed by atoms with Crippen LogP contribution in [0, 0.1) is 5.82 Å². The zero-order valence-corrected chi connectivity index (χ0v) is 12.7. The van der Waals surface area contributed by atoms with Crippen LogP contribution in [0.4, 0.5) is 10.1 Å². The standard InChI is InChI=1S/C16H15FN2O2S/c1-22-14-7-3-6-13(9-14)19-15(20)10-18-16(21)11-4-2-5-12(17)8-11/h2-9H,10H2,1H3,(H,18,21)(H,19,20). The molecule has 2 aromatic rings. The Balaban J connectivity index is 1.88. The van der Waals surface area contributed by atoms with Crippen LogP contribution in [0.25, 0.3) is 0 Å². The molecule has 0 heterocycles. The zero-order chi connectivity index (χ0) is 15.9. The first-order valence-electron chi connectivity index (χ1n) is 6.56. The molecule has 6 heteroatoms. The van der Waals surface area contributed by atoms with Gasteiger partial charge in [-0.05, 0) is 42.7 Å². The van der Waals surface area contributed by atoms with Crippen LogP contribution in [0.2, 0.25) is 0 Å². The second kappa shape index (κ2) is 7.61. The molecule has 22 heavy (non-hydrogen) atoms. The molecular formula is C16H15FN2O2S. The number of carbonyl (C=O) groups is 2. The predicted molar refractivity (Wildman–Crippen MR) is 85.6 cm³/mol. The molecule has 114 valence electrons. The van der Waals surface area contributed by atoms with E-state index in [2.05, 4.69) is 10.6 Å². The third kappa shape index (κ3) is 4.60. The van der Waals surface area contributed by atoms with E-state index in [1.807, 2.05) is 24.5 Å². The van der Waals surface area contributed by atoms with E-state index in [0.717, 1.165) is 11.0 Å². The number of hydrogen-bond donors (Lipinski definition) is 2. The molecule has 0 saturated heterocycles. The van der Waals surface area contributed by atoms with Crippen molar-refractivity contribution in [3.63, 3.8) is 0 Å². The van der Waals surface area contributed by atoms with Gasteiger partial charge in [0.1, 0.15) is 5.82 Å². The molecule has 0 saturated carbocycles. The van der Waals surface area contributed by atoms with Gasteiger partial charge in [0.15, 0.2) is 0 Å². The number of nitrogens with one attached hydrogen (secondary N) is 2. The number of thioether (sulfide) groups is 1. The molecule has 0 aromatic heterocycles. The Morgan fingerprint density at radius 2 is 1.91 bits per heavy atom. The lowest BCUT2D eigenvalue weighted by Gasteiger charge is -2.08. The summed E-state index contributed by atoms with van der Waals surface area (Å²) in [5, 5.41) is 5.15. The van der Waals surface area contributed by atoms with E-state index < -0.39 is 11.7 Å². The third-order valence-electron chi connectivity index (χ3n) is 2.85. The monoisotopic (exact) mass is 318 g/mol. The van der Waals surface area contributed by atoms with Gasteiger partial charge in [-0.2, -0.15) is 0 Å². The first-order chi connectivity index (χ1) is 10.6. The van der Waals surface area contributed by atoms with Gasteiger partial charge in [0.25, 0.3) is 5.91 Å². The van der Waals surface area contributed by atoms with Crippen molar-refractivity contribution in [1.82, 2.24) is 5.32 Å². The van der Waals surface area contributed by atoms with Crippen LogP contribution >= 0.6 is 11.8 Å². The number of halogens is 1. The molecule has 4 nitrogen and oxygen atoms in total. The fourth-order valence-corrected chi connectivity index (χ4v) is 2.26. The van der Waals surface area contributed by atoms with Crippen molar-refractivity contribution in [1.29, 1.82) is 0 Å². The summed E-state index contributed by atoms with van der Waals surface area (Å²) in [5.41, 5.74) is 0.842. The number of rotatable bonds is 5. The maximum atomic E-state index is 13.0. The Morgan fingerprint density at radius 1 is 1.14 bits per heavy atom. The van der Waals surface area contributed by atoms with Gasteiger partial charge >= 0.3 is 0 Å². The number of amides is 2. The second-order valence-electron chi connectivity index (χ2n) is 4.47. The Labute approximate surface area is 132 Å². The van der Waals surface area contributed by atoms with Gasteiger partial charge in [-0.15, -0.1) is 11.8 Å². The fraction of sp³-hybridized carbons (Fsp3) is 0.125. The van der Waals surface area contributed by atoms with Gasteiger partial charge in [-0.1, -0.05) is 12.1 Å². The average Bonchev–Trinajstić information content (AvgIpc) is 2.52. The second-order valence-corrected chi connectivity index (χ2v) is 5.35. The summed E-state index contributed by atoms with van der Waals surface area (Å²) >= 11 is 1.57. The molecule has 0 unspecified atom stereocenters. The van der Waals surface area contributed by atoms with E-state index in [9.17, 15) is 14.0 Å². The summed E-state index contributed by atoms with van der Waals surface area (Å²) in [6.45, 7) is -0.182. The Bertz CT molecular complexity index is 691. The average molecular weight is 318 g/mol. The molecule has 0 radical (unpaired) electrons. The van der Waals surface area contributed by atoms with Crippen LogP contribution in [-0.4, -0.2) is 24.6 Å². The summed E-state index contributed by atoms with van der Waals surface area (Å²) in [5.74, 6) is -1.33. The molecule has 0 spiro atoms. The van der Waals surface area contributed by atoms with Crippen LogP contribution in [0.5, 0.6) is 0 Å². The summed E-state index contributed by atoms with van der Waals surface area (Å²) in [4.78, 5) is 24.6. The molecule has 0 aliphatic rings. The Morgan fingerprint density at radius 3 is 2.64 bits per heavy atom. The van der Waals surface area contributed by atoms with Crippen molar-refractivity contribution < 1.29 is 14.0 Å². The van der Waals surface area contributed by atoms with Crippen molar-refractivity contribution in [2.45, 2.75) is 4.90 Å². The molecule has 0 aliphatic heterocycles. The normalized spacial score (nSPS) is 10.1. The zero-order valence-electron chi connectivity index (χ0n) is 11.9. The number of anilines is 1. The predicted octanol–water partition coefficient (Wildman–Crippen LogP) is 2.92. The SMILES string of the molecule is CSc1cccc(NC(=O)CNC(=O)c2cccc(F)c2)c1. The minimum absolute atomic E-state index is 0.178. The summed E-state index contributed by atoms with van der Waals surface area (Å²) in [6.07, 6.45) is 1.94. The lowest BCUT2D eigenvalue weighted by atomic mass is 10.2. The van der Waals surface area contributed by atoms with E-state index in [-0.39, 0.29) is 18.0 Å². The first-order valence-corrected chi connectivity index (χ1v) is 7.78. The van der Waals surface area contributed by atoms with Crippen molar-refractivity contribution in [3.05, 3.63) is 59.9 Å². The van der Waals surface area contributed by atoms with E-state index >= 15 is 0 Å². The van der Waals surface area contributed by atoms with Gasteiger partial charge < -0.3 is 10.6 Å². The number of benzene rings is 2. The fourth-order valence-electron chi connectivity index (χ4n) is 1.80. The molecule has 0 fully saturated rings. The number of carbonyl (C=O) groups excluding carboxylic acids is 2. The minimum Gasteiger partial charge on any atom is -0.343 e. The highest BCUT2D eigenvalue weighted by molar-refractivity contribution is 7.98. The van der Waals surface area contributed by atoms with Crippen LogP contribution in [0.3, 0.4) is 0 Å². The van der Waals surface area contributed by atoms with Crippen molar-refractivity contribution in [2.24, 2.45) is 0 Å². The molecule has 0 bridgehead atoms. The topological polar surface area (TPSA) is 58.2 Å². The molecule has 0 atom stereocenters. The van der Waals surface area contributed by atoms with Gasteiger partial charge in [-0.3, -0.25) is 9.59 Å².